The van der Waals surface area contributed by atoms with Gasteiger partial charge in [-0.1, -0.05) is 25.3 Å². The van der Waals surface area contributed by atoms with Crippen molar-refractivity contribution < 1.29 is 0 Å². The number of rotatable bonds is 1. The van der Waals surface area contributed by atoms with E-state index >= 15 is 0 Å². The summed E-state index contributed by atoms with van der Waals surface area (Å²) in [6.07, 6.45) is 7.16. The van der Waals surface area contributed by atoms with Gasteiger partial charge in [0, 0.05) is 18.5 Å². The summed E-state index contributed by atoms with van der Waals surface area (Å²) in [5, 5.41) is 0. The Kier molecular flexibility index (Phi) is 2.66. The van der Waals surface area contributed by atoms with Gasteiger partial charge in [-0.05, 0) is 40.9 Å². The van der Waals surface area contributed by atoms with Gasteiger partial charge in [0.25, 0.3) is 0 Å². The highest BCUT2D eigenvalue weighted by Crippen LogP contribution is 2.45. The molecular formula is C13H17BrN2. The number of pyridine rings is 1. The van der Waals surface area contributed by atoms with E-state index in [1.54, 1.807) is 0 Å². The first-order valence-electron chi connectivity index (χ1n) is 6.15. The van der Waals surface area contributed by atoms with Gasteiger partial charge in [-0.2, -0.15) is 0 Å². The summed E-state index contributed by atoms with van der Waals surface area (Å²) in [5.74, 6) is 1.13. The van der Waals surface area contributed by atoms with Gasteiger partial charge in [-0.15, -0.1) is 0 Å². The molecule has 86 valence electrons. The molecule has 1 aliphatic heterocycles. The lowest BCUT2D eigenvalue weighted by Crippen LogP contribution is -2.57. The van der Waals surface area contributed by atoms with Crippen LogP contribution in [0.2, 0.25) is 0 Å². The first kappa shape index (κ1) is 10.6. The maximum Gasteiger partial charge on any atom is 0.129 e. The van der Waals surface area contributed by atoms with E-state index in [1.807, 2.05) is 6.07 Å². The van der Waals surface area contributed by atoms with Crippen LogP contribution in [0.3, 0.4) is 0 Å². The standard InChI is InChI=1S/C13H17BrN2/c14-11-5-4-6-12(15-11)16-9-13(10-16)7-2-1-3-8-13/h4-6H,1-3,7-10H2. The predicted molar refractivity (Wildman–Crippen MR) is 69.7 cm³/mol. The summed E-state index contributed by atoms with van der Waals surface area (Å²) < 4.78 is 0.939. The molecule has 1 aromatic rings. The summed E-state index contributed by atoms with van der Waals surface area (Å²) in [6, 6.07) is 6.17. The van der Waals surface area contributed by atoms with E-state index in [0.717, 1.165) is 10.4 Å². The SMILES string of the molecule is Brc1cccc(N2CC3(CCCCC3)C2)n1. The van der Waals surface area contributed by atoms with Gasteiger partial charge in [0.15, 0.2) is 0 Å². The van der Waals surface area contributed by atoms with Crippen molar-refractivity contribution in [2.75, 3.05) is 18.0 Å². The molecule has 2 nitrogen and oxygen atoms in total. The molecule has 0 amide bonds. The lowest BCUT2D eigenvalue weighted by atomic mass is 9.69. The number of hydrogen-bond donors (Lipinski definition) is 0. The van der Waals surface area contributed by atoms with Crippen molar-refractivity contribution in [2.24, 2.45) is 5.41 Å². The molecule has 1 spiro atoms. The van der Waals surface area contributed by atoms with Crippen molar-refractivity contribution in [3.8, 4) is 0 Å². The van der Waals surface area contributed by atoms with Gasteiger partial charge in [0.05, 0.1) is 0 Å². The van der Waals surface area contributed by atoms with E-state index in [2.05, 4.69) is 37.9 Å². The van der Waals surface area contributed by atoms with E-state index in [0.29, 0.717) is 5.41 Å². The molecule has 0 unspecified atom stereocenters. The van der Waals surface area contributed by atoms with Crippen LogP contribution in [0.5, 0.6) is 0 Å². The summed E-state index contributed by atoms with van der Waals surface area (Å²) in [5.41, 5.74) is 0.641. The topological polar surface area (TPSA) is 16.1 Å². The van der Waals surface area contributed by atoms with Crippen LogP contribution < -0.4 is 4.90 Å². The Bertz CT molecular complexity index is 377. The Labute approximate surface area is 105 Å². The van der Waals surface area contributed by atoms with Gasteiger partial charge in [0.2, 0.25) is 0 Å². The molecule has 1 saturated heterocycles. The molecule has 3 heteroatoms. The van der Waals surface area contributed by atoms with Crippen LogP contribution in [0, 0.1) is 5.41 Å². The summed E-state index contributed by atoms with van der Waals surface area (Å²) in [7, 11) is 0. The predicted octanol–water partition coefficient (Wildman–Crippen LogP) is 3.61. The molecule has 0 aromatic carbocycles. The monoisotopic (exact) mass is 280 g/mol. The average molecular weight is 281 g/mol. The van der Waals surface area contributed by atoms with Gasteiger partial charge >= 0.3 is 0 Å². The van der Waals surface area contributed by atoms with Gasteiger partial charge in [-0.25, -0.2) is 4.98 Å². The summed E-state index contributed by atoms with van der Waals surface area (Å²) >= 11 is 3.43. The zero-order valence-corrected chi connectivity index (χ0v) is 11.0. The van der Waals surface area contributed by atoms with Crippen LogP contribution in [0.25, 0.3) is 0 Å². The second kappa shape index (κ2) is 4.02. The fourth-order valence-corrected chi connectivity index (χ4v) is 3.45. The molecule has 1 aromatic heterocycles. The smallest absolute Gasteiger partial charge is 0.129 e. The minimum atomic E-state index is 0.641. The van der Waals surface area contributed by atoms with E-state index in [4.69, 9.17) is 0 Å². The lowest BCUT2D eigenvalue weighted by Gasteiger charge is -2.53. The highest BCUT2D eigenvalue weighted by Gasteiger charge is 2.43. The lowest BCUT2D eigenvalue weighted by molar-refractivity contribution is 0.138. The van der Waals surface area contributed by atoms with Crippen molar-refractivity contribution >= 4 is 21.7 Å². The summed E-state index contributed by atoms with van der Waals surface area (Å²) in [4.78, 5) is 6.93. The third-order valence-electron chi connectivity index (χ3n) is 3.99. The maximum atomic E-state index is 4.52. The average Bonchev–Trinajstić information content (AvgIpc) is 2.27. The van der Waals surface area contributed by atoms with Crippen LogP contribution in [0.15, 0.2) is 22.8 Å². The molecule has 2 heterocycles. The number of hydrogen-bond acceptors (Lipinski definition) is 2. The minimum Gasteiger partial charge on any atom is -0.355 e. The van der Waals surface area contributed by atoms with E-state index in [9.17, 15) is 0 Å². The second-order valence-electron chi connectivity index (χ2n) is 5.24. The van der Waals surface area contributed by atoms with E-state index in [-0.39, 0.29) is 0 Å². The van der Waals surface area contributed by atoms with Crippen LogP contribution in [-0.2, 0) is 0 Å². The largest absolute Gasteiger partial charge is 0.355 e. The fourth-order valence-electron chi connectivity index (χ4n) is 3.12. The Morgan fingerprint density at radius 3 is 2.56 bits per heavy atom. The van der Waals surface area contributed by atoms with Crippen LogP contribution in [-0.4, -0.2) is 18.1 Å². The van der Waals surface area contributed by atoms with Crippen molar-refractivity contribution in [3.63, 3.8) is 0 Å². The second-order valence-corrected chi connectivity index (χ2v) is 6.05. The highest BCUT2D eigenvalue weighted by atomic mass is 79.9. The van der Waals surface area contributed by atoms with Crippen LogP contribution >= 0.6 is 15.9 Å². The van der Waals surface area contributed by atoms with Crippen molar-refractivity contribution in [2.45, 2.75) is 32.1 Å². The number of nitrogens with zero attached hydrogens (tertiary/aromatic N) is 2. The molecule has 3 rings (SSSR count). The molecule has 1 aliphatic carbocycles. The molecule has 2 aliphatic rings. The summed E-state index contributed by atoms with van der Waals surface area (Å²) in [6.45, 7) is 2.44. The van der Waals surface area contributed by atoms with Crippen molar-refractivity contribution in [3.05, 3.63) is 22.8 Å². The molecule has 2 fully saturated rings. The molecule has 0 radical (unpaired) electrons. The molecule has 0 N–H and O–H groups in total. The van der Waals surface area contributed by atoms with Gasteiger partial charge < -0.3 is 4.90 Å². The molecule has 16 heavy (non-hydrogen) atoms. The number of anilines is 1. The van der Waals surface area contributed by atoms with Crippen molar-refractivity contribution in [1.82, 2.24) is 4.98 Å². The Morgan fingerprint density at radius 1 is 1.12 bits per heavy atom. The Morgan fingerprint density at radius 2 is 1.88 bits per heavy atom. The number of halogens is 1. The zero-order valence-electron chi connectivity index (χ0n) is 9.45. The molecular weight excluding hydrogens is 264 g/mol. The van der Waals surface area contributed by atoms with Crippen LogP contribution in [0.1, 0.15) is 32.1 Å². The Hall–Kier alpha value is -0.570. The van der Waals surface area contributed by atoms with E-state index in [1.165, 1.54) is 45.2 Å². The first-order chi connectivity index (χ1) is 7.77. The normalized spacial score (nSPS) is 23.2. The zero-order chi connectivity index (χ0) is 11.0. The van der Waals surface area contributed by atoms with Crippen molar-refractivity contribution in [1.29, 1.82) is 0 Å². The minimum absolute atomic E-state index is 0.641. The third-order valence-corrected chi connectivity index (χ3v) is 4.43. The Balaban J connectivity index is 1.68. The van der Waals surface area contributed by atoms with Gasteiger partial charge in [0.1, 0.15) is 10.4 Å². The molecule has 0 bridgehead atoms. The third kappa shape index (κ3) is 1.86. The van der Waals surface area contributed by atoms with E-state index < -0.39 is 0 Å². The molecule has 1 saturated carbocycles. The fraction of sp³-hybridized carbons (Fsp3) is 0.615. The number of aromatic nitrogens is 1. The van der Waals surface area contributed by atoms with Gasteiger partial charge in [-0.3, -0.25) is 0 Å². The van der Waals surface area contributed by atoms with Crippen LogP contribution in [0.4, 0.5) is 5.82 Å². The first-order valence-corrected chi connectivity index (χ1v) is 6.94. The quantitative estimate of drug-likeness (QED) is 0.731. The highest BCUT2D eigenvalue weighted by molar-refractivity contribution is 9.10. The maximum absolute atomic E-state index is 4.52. The molecule has 0 atom stereocenters.